The Morgan fingerprint density at radius 3 is 2.68 bits per heavy atom. The fourth-order valence-electron chi connectivity index (χ4n) is 1.59. The van der Waals surface area contributed by atoms with Crippen LogP contribution in [0.2, 0.25) is 5.02 Å². The molecular formula is C12H13ClN2O3S. The lowest BCUT2D eigenvalue weighted by Gasteiger charge is -2.12. The van der Waals surface area contributed by atoms with Gasteiger partial charge in [0.2, 0.25) is 10.0 Å². The van der Waals surface area contributed by atoms with Crippen LogP contribution >= 0.6 is 11.6 Å². The molecule has 0 aliphatic heterocycles. The van der Waals surface area contributed by atoms with Crippen LogP contribution < -0.4 is 10.5 Å². The van der Waals surface area contributed by atoms with E-state index in [4.69, 9.17) is 21.8 Å². The van der Waals surface area contributed by atoms with Gasteiger partial charge in [0.25, 0.3) is 0 Å². The minimum absolute atomic E-state index is 0.0628. The van der Waals surface area contributed by atoms with Crippen LogP contribution in [0.25, 0.3) is 0 Å². The highest BCUT2D eigenvalue weighted by atomic mass is 35.5. The molecule has 1 heterocycles. The highest BCUT2D eigenvalue weighted by Gasteiger charge is 2.20. The Morgan fingerprint density at radius 1 is 1.37 bits per heavy atom. The van der Waals surface area contributed by atoms with Gasteiger partial charge in [-0.2, -0.15) is 0 Å². The van der Waals surface area contributed by atoms with Crippen LogP contribution in [0.3, 0.4) is 0 Å². The number of nitrogen functional groups attached to an aromatic ring is 1. The topological polar surface area (TPSA) is 85.3 Å². The van der Waals surface area contributed by atoms with Crippen LogP contribution in [-0.4, -0.2) is 8.42 Å². The molecule has 5 nitrogen and oxygen atoms in total. The zero-order valence-electron chi connectivity index (χ0n) is 10.1. The predicted molar refractivity (Wildman–Crippen MR) is 73.3 cm³/mol. The summed E-state index contributed by atoms with van der Waals surface area (Å²) in [7, 11) is -3.67. The minimum atomic E-state index is -3.67. The molecule has 7 heteroatoms. The number of furan rings is 1. The number of hydrogen-bond donors (Lipinski definition) is 2. The molecule has 1 aromatic carbocycles. The Morgan fingerprint density at radius 2 is 2.11 bits per heavy atom. The standard InChI is InChI=1S/C12H13ClN2O3S/c1-8(12-3-2-6-18-12)15-19(16,17)9-4-5-10(13)11(14)7-9/h2-8,15H,14H2,1H3. The van der Waals surface area contributed by atoms with Gasteiger partial charge in [0.05, 0.1) is 27.9 Å². The molecule has 0 aliphatic rings. The monoisotopic (exact) mass is 300 g/mol. The van der Waals surface area contributed by atoms with Gasteiger partial charge in [0, 0.05) is 0 Å². The Balaban J connectivity index is 2.25. The molecule has 0 aliphatic carbocycles. The van der Waals surface area contributed by atoms with Crippen molar-refractivity contribution in [3.05, 3.63) is 47.4 Å². The summed E-state index contributed by atoms with van der Waals surface area (Å²) in [5.41, 5.74) is 5.82. The maximum Gasteiger partial charge on any atom is 0.241 e. The fourth-order valence-corrected chi connectivity index (χ4v) is 2.95. The maximum absolute atomic E-state index is 12.1. The van der Waals surface area contributed by atoms with Crippen molar-refractivity contribution in [2.45, 2.75) is 17.9 Å². The summed E-state index contributed by atoms with van der Waals surface area (Å²) < 4.78 is 31.9. The van der Waals surface area contributed by atoms with Crippen LogP contribution in [0.5, 0.6) is 0 Å². The smallest absolute Gasteiger partial charge is 0.241 e. The van der Waals surface area contributed by atoms with Gasteiger partial charge >= 0.3 is 0 Å². The summed E-state index contributed by atoms with van der Waals surface area (Å²) in [5.74, 6) is 0.533. The second kappa shape index (κ2) is 5.24. The van der Waals surface area contributed by atoms with Crippen LogP contribution in [-0.2, 0) is 10.0 Å². The van der Waals surface area contributed by atoms with Crippen LogP contribution in [0.1, 0.15) is 18.7 Å². The molecule has 0 bridgehead atoms. The fraction of sp³-hybridized carbons (Fsp3) is 0.167. The van der Waals surface area contributed by atoms with Crippen molar-refractivity contribution in [2.75, 3.05) is 5.73 Å². The van der Waals surface area contributed by atoms with E-state index in [0.29, 0.717) is 10.8 Å². The number of nitrogens with one attached hydrogen (secondary N) is 1. The Kier molecular flexibility index (Phi) is 3.84. The van der Waals surface area contributed by atoms with Gasteiger partial charge in [0.1, 0.15) is 5.76 Å². The minimum Gasteiger partial charge on any atom is -0.468 e. The van der Waals surface area contributed by atoms with Crippen molar-refractivity contribution in [1.82, 2.24) is 4.72 Å². The summed E-state index contributed by atoms with van der Waals surface area (Å²) in [4.78, 5) is 0.0628. The molecule has 2 aromatic rings. The first kappa shape index (κ1) is 13.9. The Bertz CT molecular complexity index is 668. The van der Waals surface area contributed by atoms with Gasteiger partial charge in [-0.3, -0.25) is 0 Å². The second-order valence-corrected chi connectivity index (χ2v) is 6.16. The zero-order chi connectivity index (χ0) is 14.0. The molecule has 0 saturated carbocycles. The molecule has 0 fully saturated rings. The molecule has 0 amide bonds. The summed E-state index contributed by atoms with van der Waals surface area (Å²) >= 11 is 5.76. The van der Waals surface area contributed by atoms with Crippen LogP contribution in [0.4, 0.5) is 5.69 Å². The van der Waals surface area contributed by atoms with Crippen molar-refractivity contribution < 1.29 is 12.8 Å². The molecule has 1 unspecified atom stereocenters. The van der Waals surface area contributed by atoms with E-state index in [2.05, 4.69) is 4.72 Å². The molecular weight excluding hydrogens is 288 g/mol. The van der Waals surface area contributed by atoms with Crippen molar-refractivity contribution in [3.8, 4) is 0 Å². The normalized spacial score (nSPS) is 13.4. The third-order valence-corrected chi connectivity index (χ3v) is 4.46. The quantitative estimate of drug-likeness (QED) is 0.850. The van der Waals surface area contributed by atoms with Gasteiger partial charge in [-0.25, -0.2) is 13.1 Å². The van der Waals surface area contributed by atoms with Gasteiger partial charge in [0.15, 0.2) is 0 Å². The maximum atomic E-state index is 12.1. The lowest BCUT2D eigenvalue weighted by atomic mass is 10.3. The molecule has 2 rings (SSSR count). The summed E-state index contributed by atoms with van der Waals surface area (Å²) in [5, 5.41) is 0.318. The number of anilines is 1. The van der Waals surface area contributed by atoms with Gasteiger partial charge in [-0.05, 0) is 37.3 Å². The number of hydrogen-bond acceptors (Lipinski definition) is 4. The first-order valence-corrected chi connectivity index (χ1v) is 7.37. The first-order chi connectivity index (χ1) is 8.90. The first-order valence-electron chi connectivity index (χ1n) is 5.51. The summed E-state index contributed by atoms with van der Waals surface area (Å²) in [6, 6.07) is 7.08. The molecule has 102 valence electrons. The molecule has 19 heavy (non-hydrogen) atoms. The largest absolute Gasteiger partial charge is 0.468 e. The van der Waals surface area contributed by atoms with Crippen molar-refractivity contribution in [2.24, 2.45) is 0 Å². The van der Waals surface area contributed by atoms with E-state index >= 15 is 0 Å². The Hall–Kier alpha value is -1.50. The number of nitrogens with two attached hydrogens (primary N) is 1. The number of benzene rings is 1. The van der Waals surface area contributed by atoms with E-state index in [1.165, 1.54) is 24.5 Å². The van der Waals surface area contributed by atoms with Crippen molar-refractivity contribution >= 4 is 27.3 Å². The lowest BCUT2D eigenvalue weighted by molar-refractivity contribution is 0.459. The molecule has 0 radical (unpaired) electrons. The average Bonchev–Trinajstić information content (AvgIpc) is 2.85. The molecule has 1 aromatic heterocycles. The summed E-state index contributed by atoms with van der Waals surface area (Å²) in [6.07, 6.45) is 1.49. The van der Waals surface area contributed by atoms with E-state index in [1.807, 2.05) is 0 Å². The zero-order valence-corrected chi connectivity index (χ0v) is 11.7. The van der Waals surface area contributed by atoms with Crippen LogP contribution in [0, 0.1) is 0 Å². The third-order valence-electron chi connectivity index (χ3n) is 2.58. The highest BCUT2D eigenvalue weighted by Crippen LogP contribution is 2.23. The molecule has 0 saturated heterocycles. The second-order valence-electron chi connectivity index (χ2n) is 4.04. The van der Waals surface area contributed by atoms with E-state index in [-0.39, 0.29) is 10.6 Å². The van der Waals surface area contributed by atoms with E-state index < -0.39 is 16.1 Å². The van der Waals surface area contributed by atoms with E-state index in [0.717, 1.165) is 0 Å². The van der Waals surface area contributed by atoms with Gasteiger partial charge in [-0.15, -0.1) is 0 Å². The van der Waals surface area contributed by atoms with Crippen molar-refractivity contribution in [3.63, 3.8) is 0 Å². The average molecular weight is 301 g/mol. The molecule has 3 N–H and O–H groups in total. The van der Waals surface area contributed by atoms with Crippen LogP contribution in [0.15, 0.2) is 45.9 Å². The SMILES string of the molecule is CC(NS(=O)(=O)c1ccc(Cl)c(N)c1)c1ccco1. The molecule has 1 atom stereocenters. The number of halogens is 1. The van der Waals surface area contributed by atoms with E-state index in [1.54, 1.807) is 19.1 Å². The highest BCUT2D eigenvalue weighted by molar-refractivity contribution is 7.89. The van der Waals surface area contributed by atoms with E-state index in [9.17, 15) is 8.42 Å². The predicted octanol–water partition coefficient (Wildman–Crippen LogP) is 2.55. The third kappa shape index (κ3) is 3.09. The summed E-state index contributed by atoms with van der Waals surface area (Å²) in [6.45, 7) is 1.69. The lowest BCUT2D eigenvalue weighted by Crippen LogP contribution is -2.26. The van der Waals surface area contributed by atoms with Gasteiger partial charge in [-0.1, -0.05) is 11.6 Å². The number of rotatable bonds is 4. The molecule has 0 spiro atoms. The Labute approximate surface area is 116 Å². The van der Waals surface area contributed by atoms with Crippen molar-refractivity contribution in [1.29, 1.82) is 0 Å². The number of sulfonamides is 1. The van der Waals surface area contributed by atoms with Gasteiger partial charge < -0.3 is 10.2 Å².